The van der Waals surface area contributed by atoms with Crippen LogP contribution < -0.4 is 49.7 Å². The summed E-state index contributed by atoms with van der Waals surface area (Å²) in [6, 6.07) is 32.6. The van der Waals surface area contributed by atoms with Crippen LogP contribution in [0.15, 0.2) is 91.0 Å². The maximum atomic E-state index is 2.26. The predicted molar refractivity (Wildman–Crippen MR) is 89.3 cm³/mol. The minimum atomic E-state index is -1.21. The van der Waals surface area contributed by atoms with Crippen molar-refractivity contribution in [1.29, 1.82) is 0 Å². The standard InChI is InChI=1S/3C6H5.3ClH.H3P.Rh/c3*1-2-4-6-5-3-1;;;;;/h3*1-5H;3*1H;1H3;/q;;;;;;;+3/p-3. The van der Waals surface area contributed by atoms with E-state index in [0.29, 0.717) is 0 Å². The van der Waals surface area contributed by atoms with Crippen molar-refractivity contribution in [2.75, 3.05) is 0 Å². The molecule has 0 aliphatic heterocycles. The molecule has 3 rings (SSSR count). The van der Waals surface area contributed by atoms with Gasteiger partial charge in [-0.1, -0.05) is 0 Å². The van der Waals surface area contributed by atoms with Crippen molar-refractivity contribution in [3.8, 4) is 0 Å². The van der Waals surface area contributed by atoms with Crippen molar-refractivity contribution in [3.05, 3.63) is 91.0 Å². The quantitative estimate of drug-likeness (QED) is 0.262. The molecule has 0 amide bonds. The van der Waals surface area contributed by atoms with E-state index >= 15 is 0 Å². The molecule has 0 saturated heterocycles. The van der Waals surface area contributed by atoms with Crippen molar-refractivity contribution in [1.82, 2.24) is 0 Å². The van der Waals surface area contributed by atoms with Gasteiger partial charge in [-0.2, -0.15) is 9.90 Å². The fraction of sp³-hybridized carbons (Fsp3) is 0. The second kappa shape index (κ2) is 12.9. The van der Waals surface area contributed by atoms with Crippen molar-refractivity contribution < 1.29 is 53.2 Å². The van der Waals surface area contributed by atoms with Gasteiger partial charge < -0.3 is 37.2 Å². The molecular weight excluding hydrogens is 456 g/mol. The Morgan fingerprint density at radius 2 is 0.609 bits per heavy atom. The van der Waals surface area contributed by atoms with E-state index in [1.54, 1.807) is 0 Å². The molecule has 0 fully saturated rings. The first-order chi connectivity index (χ1) is 9.45. The minimum absolute atomic E-state index is 0. The van der Waals surface area contributed by atoms with Crippen LogP contribution in [-0.4, -0.2) is 0 Å². The molecule has 0 nitrogen and oxygen atoms in total. The first-order valence-corrected chi connectivity index (χ1v) is 8.69. The van der Waals surface area contributed by atoms with E-state index in [9.17, 15) is 0 Å². The average Bonchev–Trinajstić information content (AvgIpc) is 2.51. The molecule has 0 aliphatic rings. The van der Waals surface area contributed by atoms with Crippen LogP contribution >= 0.6 is 9.90 Å². The molecule has 5 heteroatoms. The summed E-state index contributed by atoms with van der Waals surface area (Å²) in [5.74, 6) is 0. The fourth-order valence-electron chi connectivity index (χ4n) is 1.88. The Hall–Kier alpha value is -0.417. The van der Waals surface area contributed by atoms with Gasteiger partial charge in [0.2, 0.25) is 0 Å². The third-order valence-corrected chi connectivity index (χ3v) is 7.21. The summed E-state index contributed by atoms with van der Waals surface area (Å²) in [6.45, 7) is 0. The van der Waals surface area contributed by atoms with E-state index in [2.05, 4.69) is 91.0 Å². The Labute approximate surface area is 165 Å². The van der Waals surface area contributed by atoms with Gasteiger partial charge in [0, 0.05) is 0 Å². The van der Waals surface area contributed by atoms with Crippen molar-refractivity contribution in [2.24, 2.45) is 0 Å². The Morgan fingerprint density at radius 1 is 0.391 bits per heavy atom. The zero-order chi connectivity index (χ0) is 12.9. The van der Waals surface area contributed by atoms with Crippen LogP contribution in [0.3, 0.4) is 0 Å². The van der Waals surface area contributed by atoms with E-state index < -0.39 is 16.0 Å². The Kier molecular flexibility index (Phi) is 14.0. The van der Waals surface area contributed by atoms with Crippen LogP contribution in [0, 0.1) is 0 Å². The van der Waals surface area contributed by atoms with Crippen molar-refractivity contribution in [3.63, 3.8) is 0 Å². The summed E-state index contributed by atoms with van der Waals surface area (Å²) < 4.78 is 4.39. The summed E-state index contributed by atoms with van der Waals surface area (Å²) in [5, 5.41) is 0. The molecule has 0 heterocycles. The Bertz CT molecular complexity index is 542. The van der Waals surface area contributed by atoms with Gasteiger partial charge in [0.25, 0.3) is 0 Å². The molecule has 3 aromatic rings. The third kappa shape index (κ3) is 6.54. The van der Waals surface area contributed by atoms with E-state index in [1.165, 1.54) is 12.5 Å². The van der Waals surface area contributed by atoms with Crippen LogP contribution in [-0.2, 0) is 16.0 Å². The summed E-state index contributed by atoms with van der Waals surface area (Å²) in [7, 11) is 0. The van der Waals surface area contributed by atoms with Gasteiger partial charge in [0.1, 0.15) is 0 Å². The van der Waals surface area contributed by atoms with Crippen LogP contribution in [0.4, 0.5) is 0 Å². The van der Waals surface area contributed by atoms with Crippen molar-refractivity contribution in [2.45, 2.75) is 0 Å². The number of hydrogen-bond acceptors (Lipinski definition) is 0. The molecule has 1 unspecified atom stereocenters. The predicted octanol–water partition coefficient (Wildman–Crippen LogP) is -6.35. The van der Waals surface area contributed by atoms with Crippen LogP contribution in [0.1, 0.15) is 0 Å². The summed E-state index contributed by atoms with van der Waals surface area (Å²) >= 11 is -1.21. The van der Waals surface area contributed by atoms with E-state index in [0.717, 1.165) is 0 Å². The van der Waals surface area contributed by atoms with Gasteiger partial charge >= 0.3 is 119 Å². The Morgan fingerprint density at radius 3 is 0.826 bits per heavy atom. The molecule has 0 N–H and O–H groups in total. The number of rotatable bonds is 3. The number of benzene rings is 3. The molecular formula is C18H18Cl3PRh. The SMILES string of the molecule is P.[Cl-].[Cl-].[Cl-].c1cc[c]([Rh+3]([c]2ccccc2)[c]2ccccc2)cc1. The molecule has 0 aliphatic carbocycles. The summed E-state index contributed by atoms with van der Waals surface area (Å²) in [6.07, 6.45) is 0. The van der Waals surface area contributed by atoms with Gasteiger partial charge in [0.15, 0.2) is 0 Å². The topological polar surface area (TPSA) is 0 Å². The van der Waals surface area contributed by atoms with Gasteiger partial charge in [-0.15, -0.1) is 0 Å². The molecule has 0 radical (unpaired) electrons. The molecule has 23 heavy (non-hydrogen) atoms. The zero-order valence-electron chi connectivity index (χ0n) is 12.3. The van der Waals surface area contributed by atoms with Gasteiger partial charge in [-0.25, -0.2) is 0 Å². The molecule has 0 aromatic heterocycles. The van der Waals surface area contributed by atoms with Crippen LogP contribution in [0.5, 0.6) is 0 Å². The molecule has 0 bridgehead atoms. The summed E-state index contributed by atoms with van der Waals surface area (Å²) in [5.41, 5.74) is 0. The first kappa shape index (κ1) is 24.8. The third-order valence-electron chi connectivity index (χ3n) is 2.73. The Balaban J connectivity index is 0. The van der Waals surface area contributed by atoms with Crippen LogP contribution in [0.2, 0.25) is 0 Å². The van der Waals surface area contributed by atoms with Crippen LogP contribution in [0.25, 0.3) is 0 Å². The van der Waals surface area contributed by atoms with E-state index in [4.69, 9.17) is 0 Å². The van der Waals surface area contributed by atoms with Gasteiger partial charge in [0.05, 0.1) is 0 Å². The maximum absolute atomic E-state index is 2.26. The first-order valence-electron chi connectivity index (χ1n) is 6.23. The summed E-state index contributed by atoms with van der Waals surface area (Å²) in [4.78, 5) is 0. The van der Waals surface area contributed by atoms with E-state index in [-0.39, 0.29) is 47.1 Å². The normalized spacial score (nSPS) is 8.74. The van der Waals surface area contributed by atoms with E-state index in [1.807, 2.05) is 0 Å². The number of hydrogen-bond donors (Lipinski definition) is 0. The monoisotopic (exact) mass is 473 g/mol. The van der Waals surface area contributed by atoms with Gasteiger partial charge in [-0.05, 0) is 0 Å². The molecule has 3 aromatic carbocycles. The number of halogens is 3. The zero-order valence-corrected chi connectivity index (χ0v) is 17.7. The molecule has 125 valence electrons. The average molecular weight is 475 g/mol. The molecule has 1 atom stereocenters. The fourth-order valence-corrected chi connectivity index (χ4v) is 6.11. The molecule has 0 spiro atoms. The second-order valence-corrected chi connectivity index (χ2v) is 8.13. The second-order valence-electron chi connectivity index (χ2n) is 4.06. The van der Waals surface area contributed by atoms with Gasteiger partial charge in [-0.3, -0.25) is 0 Å². The molecule has 0 saturated carbocycles. The van der Waals surface area contributed by atoms with Crippen molar-refractivity contribution >= 4 is 22.4 Å².